The maximum atomic E-state index is 11.3. The molecular formula is C9H17N3OS. The van der Waals surface area contributed by atoms with E-state index in [0.29, 0.717) is 12.3 Å². The largest absolute Gasteiger partial charge is 0.313 e. The van der Waals surface area contributed by atoms with E-state index >= 15 is 0 Å². The van der Waals surface area contributed by atoms with E-state index in [1.54, 1.807) is 6.92 Å². The van der Waals surface area contributed by atoms with Gasteiger partial charge in [0, 0.05) is 35.4 Å². The van der Waals surface area contributed by atoms with E-state index in [1.165, 1.54) is 0 Å². The van der Waals surface area contributed by atoms with Crippen molar-refractivity contribution in [3.63, 3.8) is 0 Å². The molecular weight excluding hydrogens is 198 g/mol. The Kier molecular flexibility index (Phi) is 4.05. The highest BCUT2D eigenvalue weighted by atomic mass is 32.2. The quantitative estimate of drug-likeness (QED) is 0.685. The molecule has 0 aromatic heterocycles. The van der Waals surface area contributed by atoms with Crippen LogP contribution in [-0.2, 0) is 10.8 Å². The molecule has 2 N–H and O–H groups in total. The van der Waals surface area contributed by atoms with Crippen molar-refractivity contribution in [2.24, 2.45) is 5.73 Å². The Labute approximate surface area is 87.5 Å². The molecule has 0 aromatic carbocycles. The second-order valence-electron chi connectivity index (χ2n) is 4.01. The Bertz CT molecular complexity index is 259. The molecule has 1 fully saturated rings. The lowest BCUT2D eigenvalue weighted by Crippen LogP contribution is -2.47. The average Bonchev–Trinajstić information content (AvgIpc) is 2.31. The van der Waals surface area contributed by atoms with Crippen LogP contribution in [0, 0.1) is 11.3 Å². The number of nitriles is 1. The molecule has 1 saturated heterocycles. The standard InChI is InChI=1S/C9H17N3OS/c1-9(11,7-10)8-12-3-2-5-14(13)6-4-12/h2-6,8,11H2,1H3. The molecule has 0 bridgehead atoms. The normalized spacial score (nSPS) is 28.8. The summed E-state index contributed by atoms with van der Waals surface area (Å²) in [5, 5.41) is 8.79. The van der Waals surface area contributed by atoms with Gasteiger partial charge in [-0.3, -0.25) is 9.11 Å². The van der Waals surface area contributed by atoms with E-state index < -0.39 is 16.3 Å². The lowest BCUT2D eigenvalue weighted by molar-refractivity contribution is 0.258. The van der Waals surface area contributed by atoms with Crippen LogP contribution >= 0.6 is 0 Å². The van der Waals surface area contributed by atoms with Crippen LogP contribution in [0.1, 0.15) is 13.3 Å². The SMILES string of the molecule is CC(N)(C#N)CN1CCCS(=O)CC1. The molecule has 5 heteroatoms. The molecule has 0 spiro atoms. The highest BCUT2D eigenvalue weighted by Gasteiger charge is 2.23. The van der Waals surface area contributed by atoms with Crippen molar-refractivity contribution in [1.82, 2.24) is 4.90 Å². The molecule has 0 aromatic rings. The minimum absolute atomic E-state index is 0.570. The van der Waals surface area contributed by atoms with Gasteiger partial charge < -0.3 is 5.73 Å². The molecule has 1 aliphatic rings. The van der Waals surface area contributed by atoms with Gasteiger partial charge in [-0.05, 0) is 19.9 Å². The summed E-state index contributed by atoms with van der Waals surface area (Å²) in [5.74, 6) is 1.49. The van der Waals surface area contributed by atoms with E-state index in [1.807, 2.05) is 0 Å². The van der Waals surface area contributed by atoms with E-state index in [9.17, 15) is 4.21 Å². The Morgan fingerprint density at radius 2 is 2.29 bits per heavy atom. The fourth-order valence-electron chi connectivity index (χ4n) is 1.55. The van der Waals surface area contributed by atoms with Gasteiger partial charge in [-0.25, -0.2) is 0 Å². The Morgan fingerprint density at radius 3 is 2.93 bits per heavy atom. The van der Waals surface area contributed by atoms with Crippen LogP contribution in [0.2, 0.25) is 0 Å². The number of nitrogens with two attached hydrogens (primary N) is 1. The van der Waals surface area contributed by atoms with Crippen LogP contribution in [0.25, 0.3) is 0 Å². The molecule has 2 unspecified atom stereocenters. The summed E-state index contributed by atoms with van der Waals surface area (Å²) in [4.78, 5) is 2.13. The summed E-state index contributed by atoms with van der Waals surface area (Å²) < 4.78 is 11.3. The van der Waals surface area contributed by atoms with Gasteiger partial charge in [0.2, 0.25) is 0 Å². The first kappa shape index (κ1) is 11.6. The van der Waals surface area contributed by atoms with Crippen LogP contribution < -0.4 is 5.73 Å². The van der Waals surface area contributed by atoms with Crippen molar-refractivity contribution in [2.45, 2.75) is 18.9 Å². The first-order chi connectivity index (χ1) is 6.53. The van der Waals surface area contributed by atoms with Crippen molar-refractivity contribution in [3.8, 4) is 6.07 Å². The van der Waals surface area contributed by atoms with E-state index in [-0.39, 0.29) is 0 Å². The molecule has 80 valence electrons. The Morgan fingerprint density at radius 1 is 1.57 bits per heavy atom. The fourth-order valence-corrected chi connectivity index (χ4v) is 2.67. The van der Waals surface area contributed by atoms with Gasteiger partial charge in [0.05, 0.1) is 6.07 Å². The molecule has 0 saturated carbocycles. The van der Waals surface area contributed by atoms with Gasteiger partial charge in [-0.15, -0.1) is 0 Å². The molecule has 0 aliphatic carbocycles. The van der Waals surface area contributed by atoms with Gasteiger partial charge in [0.1, 0.15) is 5.54 Å². The van der Waals surface area contributed by atoms with Crippen molar-refractivity contribution in [1.29, 1.82) is 5.26 Å². The number of hydrogen-bond acceptors (Lipinski definition) is 4. The van der Waals surface area contributed by atoms with Crippen LogP contribution in [0.5, 0.6) is 0 Å². The van der Waals surface area contributed by atoms with Crippen molar-refractivity contribution < 1.29 is 4.21 Å². The van der Waals surface area contributed by atoms with Gasteiger partial charge in [-0.1, -0.05) is 0 Å². The third-order valence-corrected chi connectivity index (χ3v) is 3.67. The van der Waals surface area contributed by atoms with Gasteiger partial charge in [0.25, 0.3) is 0 Å². The van der Waals surface area contributed by atoms with E-state index in [0.717, 1.165) is 25.3 Å². The summed E-state index contributed by atoms with van der Waals surface area (Å²) >= 11 is 0. The zero-order chi connectivity index (χ0) is 10.6. The summed E-state index contributed by atoms with van der Waals surface area (Å²) in [6.07, 6.45) is 0.939. The van der Waals surface area contributed by atoms with E-state index in [4.69, 9.17) is 11.0 Å². The predicted octanol–water partition coefficient (Wildman–Crippen LogP) is -0.318. The predicted molar refractivity (Wildman–Crippen MR) is 57.1 cm³/mol. The monoisotopic (exact) mass is 215 g/mol. The first-order valence-electron chi connectivity index (χ1n) is 4.81. The summed E-state index contributed by atoms with van der Waals surface area (Å²) in [6, 6.07) is 2.08. The lowest BCUT2D eigenvalue weighted by atomic mass is 10.1. The summed E-state index contributed by atoms with van der Waals surface area (Å²) in [5.41, 5.74) is 4.97. The minimum atomic E-state index is -0.786. The summed E-state index contributed by atoms with van der Waals surface area (Å²) in [6.45, 7) is 4.00. The van der Waals surface area contributed by atoms with Crippen molar-refractivity contribution in [2.75, 3.05) is 31.1 Å². The minimum Gasteiger partial charge on any atom is -0.313 e. The number of nitrogens with zero attached hydrogens (tertiary/aromatic N) is 2. The zero-order valence-electron chi connectivity index (χ0n) is 8.53. The second kappa shape index (κ2) is 4.87. The second-order valence-corrected chi connectivity index (χ2v) is 5.70. The van der Waals surface area contributed by atoms with Crippen LogP contribution in [-0.4, -0.2) is 45.8 Å². The third-order valence-electron chi connectivity index (χ3n) is 2.29. The number of rotatable bonds is 2. The van der Waals surface area contributed by atoms with Gasteiger partial charge >= 0.3 is 0 Å². The lowest BCUT2D eigenvalue weighted by Gasteiger charge is -2.26. The first-order valence-corrected chi connectivity index (χ1v) is 6.30. The Hall–Kier alpha value is -0.440. The van der Waals surface area contributed by atoms with Crippen LogP contribution in [0.3, 0.4) is 0 Å². The van der Waals surface area contributed by atoms with E-state index in [2.05, 4.69) is 11.0 Å². The van der Waals surface area contributed by atoms with Crippen molar-refractivity contribution in [3.05, 3.63) is 0 Å². The fraction of sp³-hybridized carbons (Fsp3) is 0.889. The third kappa shape index (κ3) is 3.74. The van der Waals surface area contributed by atoms with Gasteiger partial charge in [-0.2, -0.15) is 5.26 Å². The van der Waals surface area contributed by atoms with Crippen LogP contribution in [0.15, 0.2) is 0 Å². The summed E-state index contributed by atoms with van der Waals surface area (Å²) in [7, 11) is -0.674. The molecule has 1 heterocycles. The Balaban J connectivity index is 2.46. The topological polar surface area (TPSA) is 70.1 Å². The zero-order valence-corrected chi connectivity index (χ0v) is 9.35. The molecule has 1 aliphatic heterocycles. The number of hydrogen-bond donors (Lipinski definition) is 1. The van der Waals surface area contributed by atoms with Crippen molar-refractivity contribution >= 4 is 10.8 Å². The van der Waals surface area contributed by atoms with Gasteiger partial charge in [0.15, 0.2) is 0 Å². The molecule has 4 nitrogen and oxygen atoms in total. The maximum Gasteiger partial charge on any atom is 0.114 e. The molecule has 0 amide bonds. The molecule has 2 atom stereocenters. The van der Waals surface area contributed by atoms with Crippen LogP contribution in [0.4, 0.5) is 0 Å². The smallest absolute Gasteiger partial charge is 0.114 e. The average molecular weight is 215 g/mol. The highest BCUT2D eigenvalue weighted by Crippen LogP contribution is 2.06. The maximum absolute atomic E-state index is 11.3. The highest BCUT2D eigenvalue weighted by molar-refractivity contribution is 7.85. The molecule has 0 radical (unpaired) electrons. The molecule has 1 rings (SSSR count). The molecule has 14 heavy (non-hydrogen) atoms.